The van der Waals surface area contributed by atoms with Gasteiger partial charge in [-0.1, -0.05) is 12.1 Å². The minimum Gasteiger partial charge on any atom is -0.494 e. The van der Waals surface area contributed by atoms with Gasteiger partial charge in [-0.15, -0.1) is 0 Å². The highest BCUT2D eigenvalue weighted by molar-refractivity contribution is 5.29. The first kappa shape index (κ1) is 14.0. The van der Waals surface area contributed by atoms with E-state index < -0.39 is 0 Å². The summed E-state index contributed by atoms with van der Waals surface area (Å²) in [5.74, 6) is 0.949. The lowest BCUT2D eigenvalue weighted by molar-refractivity contribution is 0.339. The Balaban J connectivity index is 2.46. The van der Waals surface area contributed by atoms with Crippen LogP contribution in [-0.2, 0) is 6.42 Å². The van der Waals surface area contributed by atoms with Crippen LogP contribution < -0.4 is 15.8 Å². The fourth-order valence-corrected chi connectivity index (χ4v) is 1.74. The van der Waals surface area contributed by atoms with E-state index in [1.807, 2.05) is 26.0 Å². The number of nitrogens with one attached hydrogen (secondary N) is 1. The summed E-state index contributed by atoms with van der Waals surface area (Å²) in [5.41, 5.74) is 7.01. The highest BCUT2D eigenvalue weighted by Gasteiger charge is 2.05. The second-order valence-corrected chi connectivity index (χ2v) is 4.57. The zero-order chi connectivity index (χ0) is 12.7. The molecule has 0 heterocycles. The normalized spacial score (nSPS) is 14.4. The molecule has 2 unspecified atom stereocenters. The number of benzene rings is 1. The van der Waals surface area contributed by atoms with Crippen molar-refractivity contribution in [1.29, 1.82) is 0 Å². The van der Waals surface area contributed by atoms with Crippen LogP contribution >= 0.6 is 0 Å². The maximum absolute atomic E-state index is 5.72. The Bertz CT molecular complexity index is 326. The van der Waals surface area contributed by atoms with Crippen LogP contribution in [0, 0.1) is 0 Å². The van der Waals surface area contributed by atoms with Crippen molar-refractivity contribution in [3.05, 3.63) is 29.8 Å². The lowest BCUT2D eigenvalue weighted by atomic mass is 10.1. The molecule has 0 saturated heterocycles. The van der Waals surface area contributed by atoms with Crippen LogP contribution in [0.5, 0.6) is 5.75 Å². The first-order valence-corrected chi connectivity index (χ1v) is 6.32. The lowest BCUT2D eigenvalue weighted by Crippen LogP contribution is -2.37. The fourth-order valence-electron chi connectivity index (χ4n) is 1.74. The van der Waals surface area contributed by atoms with E-state index in [-0.39, 0.29) is 6.04 Å². The predicted molar refractivity (Wildman–Crippen MR) is 72.4 cm³/mol. The zero-order valence-electron chi connectivity index (χ0n) is 11.1. The van der Waals surface area contributed by atoms with Crippen LogP contribution in [0.1, 0.15) is 26.3 Å². The maximum atomic E-state index is 5.72. The molecule has 1 rings (SSSR count). The molecule has 0 radical (unpaired) electrons. The summed E-state index contributed by atoms with van der Waals surface area (Å²) in [5, 5.41) is 3.42. The predicted octanol–water partition coefficient (Wildman–Crippen LogP) is 1.95. The number of hydrogen-bond acceptors (Lipinski definition) is 3. The van der Waals surface area contributed by atoms with Crippen molar-refractivity contribution >= 4 is 0 Å². The highest BCUT2D eigenvalue weighted by atomic mass is 16.5. The second kappa shape index (κ2) is 7.30. The summed E-state index contributed by atoms with van der Waals surface area (Å²) in [6.07, 6.45) is 0.994. The van der Waals surface area contributed by atoms with Crippen molar-refractivity contribution in [2.24, 2.45) is 5.73 Å². The average molecular weight is 236 g/mol. The highest BCUT2D eigenvalue weighted by Crippen LogP contribution is 2.14. The molecule has 0 aliphatic rings. The Kier molecular flexibility index (Phi) is 6.01. The molecule has 0 aliphatic carbocycles. The monoisotopic (exact) mass is 236 g/mol. The van der Waals surface area contributed by atoms with E-state index >= 15 is 0 Å². The molecule has 2 atom stereocenters. The summed E-state index contributed by atoms with van der Waals surface area (Å²) in [4.78, 5) is 0. The Morgan fingerprint density at radius 3 is 2.76 bits per heavy atom. The summed E-state index contributed by atoms with van der Waals surface area (Å²) in [6, 6.07) is 8.90. The van der Waals surface area contributed by atoms with Gasteiger partial charge in [0.05, 0.1) is 6.61 Å². The minimum atomic E-state index is 0.201. The molecule has 0 amide bonds. The van der Waals surface area contributed by atoms with Gasteiger partial charge in [-0.05, 0) is 44.9 Å². The molecule has 17 heavy (non-hydrogen) atoms. The number of hydrogen-bond donors (Lipinski definition) is 2. The standard InChI is InChI=1S/C14H24N2O/c1-4-17-14-7-5-6-13(9-14)8-12(3)16-10-11(2)15/h5-7,9,11-12,16H,4,8,10,15H2,1-3H3. The third-order valence-electron chi connectivity index (χ3n) is 2.54. The molecule has 3 nitrogen and oxygen atoms in total. The third-order valence-corrected chi connectivity index (χ3v) is 2.54. The number of rotatable bonds is 7. The summed E-state index contributed by atoms with van der Waals surface area (Å²) in [6.45, 7) is 7.75. The van der Waals surface area contributed by atoms with Crippen LogP contribution in [0.4, 0.5) is 0 Å². The Morgan fingerprint density at radius 2 is 2.12 bits per heavy atom. The van der Waals surface area contributed by atoms with Gasteiger partial charge in [0, 0.05) is 18.6 Å². The van der Waals surface area contributed by atoms with E-state index in [0.717, 1.165) is 18.7 Å². The molecule has 0 fully saturated rings. The van der Waals surface area contributed by atoms with Gasteiger partial charge in [0.2, 0.25) is 0 Å². The molecule has 0 aromatic heterocycles. The molecule has 0 aliphatic heterocycles. The molecule has 1 aromatic carbocycles. The van der Waals surface area contributed by atoms with Crippen molar-refractivity contribution in [1.82, 2.24) is 5.32 Å². The van der Waals surface area contributed by atoms with Crippen LogP contribution in [0.2, 0.25) is 0 Å². The Morgan fingerprint density at radius 1 is 1.35 bits per heavy atom. The molecular weight excluding hydrogens is 212 g/mol. The quantitative estimate of drug-likeness (QED) is 0.760. The lowest BCUT2D eigenvalue weighted by Gasteiger charge is -2.16. The van der Waals surface area contributed by atoms with Gasteiger partial charge in [-0.3, -0.25) is 0 Å². The van der Waals surface area contributed by atoms with Crippen LogP contribution in [0.3, 0.4) is 0 Å². The SMILES string of the molecule is CCOc1cccc(CC(C)NCC(C)N)c1. The van der Waals surface area contributed by atoms with Crippen LogP contribution in [-0.4, -0.2) is 25.2 Å². The Labute approximate surface area is 104 Å². The molecule has 0 saturated carbocycles. The fraction of sp³-hybridized carbons (Fsp3) is 0.571. The Hall–Kier alpha value is -1.06. The van der Waals surface area contributed by atoms with Crippen molar-refractivity contribution in [3.63, 3.8) is 0 Å². The second-order valence-electron chi connectivity index (χ2n) is 4.57. The smallest absolute Gasteiger partial charge is 0.119 e. The molecule has 96 valence electrons. The van der Waals surface area contributed by atoms with Crippen LogP contribution in [0.25, 0.3) is 0 Å². The first-order chi connectivity index (χ1) is 8.11. The molecule has 3 heteroatoms. The third kappa shape index (κ3) is 5.71. The number of nitrogens with two attached hydrogens (primary N) is 1. The van der Waals surface area contributed by atoms with Crippen molar-refractivity contribution in [3.8, 4) is 5.75 Å². The topological polar surface area (TPSA) is 47.3 Å². The maximum Gasteiger partial charge on any atom is 0.119 e. The van der Waals surface area contributed by atoms with Gasteiger partial charge in [0.25, 0.3) is 0 Å². The molecule has 3 N–H and O–H groups in total. The largest absolute Gasteiger partial charge is 0.494 e. The molecule has 0 spiro atoms. The minimum absolute atomic E-state index is 0.201. The van der Waals surface area contributed by atoms with E-state index in [2.05, 4.69) is 24.4 Å². The van der Waals surface area contributed by atoms with Crippen molar-refractivity contribution in [2.75, 3.05) is 13.2 Å². The van der Waals surface area contributed by atoms with Crippen molar-refractivity contribution in [2.45, 2.75) is 39.3 Å². The van der Waals surface area contributed by atoms with Gasteiger partial charge in [-0.25, -0.2) is 0 Å². The van der Waals surface area contributed by atoms with Gasteiger partial charge >= 0.3 is 0 Å². The van der Waals surface area contributed by atoms with Gasteiger partial charge < -0.3 is 15.8 Å². The van der Waals surface area contributed by atoms with Crippen LogP contribution in [0.15, 0.2) is 24.3 Å². The number of ether oxygens (including phenoxy) is 1. The van der Waals surface area contributed by atoms with E-state index in [9.17, 15) is 0 Å². The van der Waals surface area contributed by atoms with Crippen molar-refractivity contribution < 1.29 is 4.74 Å². The summed E-state index contributed by atoms with van der Waals surface area (Å²) in [7, 11) is 0. The van der Waals surface area contributed by atoms with Gasteiger partial charge in [0.15, 0.2) is 0 Å². The summed E-state index contributed by atoms with van der Waals surface area (Å²) >= 11 is 0. The molecular formula is C14H24N2O. The molecule has 0 bridgehead atoms. The average Bonchev–Trinajstić information content (AvgIpc) is 2.27. The van der Waals surface area contributed by atoms with Gasteiger partial charge in [0.1, 0.15) is 5.75 Å². The zero-order valence-corrected chi connectivity index (χ0v) is 11.1. The van der Waals surface area contributed by atoms with Gasteiger partial charge in [-0.2, -0.15) is 0 Å². The van der Waals surface area contributed by atoms with E-state index in [0.29, 0.717) is 12.6 Å². The first-order valence-electron chi connectivity index (χ1n) is 6.32. The van der Waals surface area contributed by atoms with E-state index in [1.165, 1.54) is 5.56 Å². The van der Waals surface area contributed by atoms with E-state index in [4.69, 9.17) is 10.5 Å². The molecule has 1 aromatic rings. The van der Waals surface area contributed by atoms with E-state index in [1.54, 1.807) is 0 Å². The summed E-state index contributed by atoms with van der Waals surface area (Å²) < 4.78 is 5.49.